The van der Waals surface area contributed by atoms with E-state index in [2.05, 4.69) is 19.2 Å². The van der Waals surface area contributed by atoms with Gasteiger partial charge < -0.3 is 10.1 Å². The van der Waals surface area contributed by atoms with Crippen molar-refractivity contribution in [2.75, 3.05) is 0 Å². The SMILES string of the molecule is CCCCCCCCC(=O)NC(CCCC)C(=O)Oc1ccccc1. The lowest BCUT2D eigenvalue weighted by molar-refractivity contribution is -0.139. The molecule has 0 spiro atoms. The lowest BCUT2D eigenvalue weighted by Crippen LogP contribution is -2.43. The number of unbranched alkanes of at least 4 members (excludes halogenated alkanes) is 6. The van der Waals surface area contributed by atoms with E-state index in [0.29, 0.717) is 18.6 Å². The quantitative estimate of drug-likeness (QED) is 0.310. The molecule has 4 heteroatoms. The fourth-order valence-electron chi connectivity index (χ4n) is 2.67. The van der Waals surface area contributed by atoms with Crippen LogP contribution in [0.1, 0.15) is 78.1 Å². The van der Waals surface area contributed by atoms with Gasteiger partial charge in [0.25, 0.3) is 0 Å². The van der Waals surface area contributed by atoms with Crippen molar-refractivity contribution < 1.29 is 14.3 Å². The van der Waals surface area contributed by atoms with Gasteiger partial charge in [-0.3, -0.25) is 4.79 Å². The van der Waals surface area contributed by atoms with E-state index >= 15 is 0 Å². The van der Waals surface area contributed by atoms with E-state index in [0.717, 1.165) is 25.7 Å². The summed E-state index contributed by atoms with van der Waals surface area (Å²) in [7, 11) is 0. The van der Waals surface area contributed by atoms with Gasteiger partial charge in [0.2, 0.25) is 5.91 Å². The molecule has 0 aliphatic rings. The number of hydrogen-bond acceptors (Lipinski definition) is 3. The maximum atomic E-state index is 12.4. The lowest BCUT2D eigenvalue weighted by atomic mass is 10.1. The van der Waals surface area contributed by atoms with Crippen LogP contribution in [-0.4, -0.2) is 17.9 Å². The highest BCUT2D eigenvalue weighted by Gasteiger charge is 2.22. The van der Waals surface area contributed by atoms with Gasteiger partial charge in [0.1, 0.15) is 11.8 Å². The van der Waals surface area contributed by atoms with Crippen molar-refractivity contribution >= 4 is 11.9 Å². The van der Waals surface area contributed by atoms with Gasteiger partial charge in [-0.25, -0.2) is 4.79 Å². The Balaban J connectivity index is 2.40. The lowest BCUT2D eigenvalue weighted by Gasteiger charge is -2.17. The van der Waals surface area contributed by atoms with Crippen LogP contribution in [0.15, 0.2) is 30.3 Å². The highest BCUT2D eigenvalue weighted by atomic mass is 16.5. The average Bonchev–Trinajstić information content (AvgIpc) is 2.62. The molecule has 0 radical (unpaired) electrons. The zero-order valence-electron chi connectivity index (χ0n) is 15.8. The minimum absolute atomic E-state index is 0.0541. The van der Waals surface area contributed by atoms with E-state index in [4.69, 9.17) is 4.74 Å². The Bertz CT molecular complexity index is 487. The Morgan fingerprint density at radius 1 is 0.920 bits per heavy atom. The summed E-state index contributed by atoms with van der Waals surface area (Å²) >= 11 is 0. The summed E-state index contributed by atoms with van der Waals surface area (Å²) in [5.74, 6) is 0.0803. The third-order valence-electron chi connectivity index (χ3n) is 4.19. The number of carbonyl (C=O) groups excluding carboxylic acids is 2. The topological polar surface area (TPSA) is 55.4 Å². The third kappa shape index (κ3) is 9.90. The highest BCUT2D eigenvalue weighted by molar-refractivity contribution is 5.85. The maximum Gasteiger partial charge on any atom is 0.334 e. The molecule has 1 aromatic carbocycles. The van der Waals surface area contributed by atoms with Gasteiger partial charge in [0, 0.05) is 6.42 Å². The van der Waals surface area contributed by atoms with E-state index in [1.807, 2.05) is 18.2 Å². The predicted octanol–water partition coefficient (Wildman–Crippen LogP) is 5.02. The summed E-state index contributed by atoms with van der Waals surface area (Å²) in [4.78, 5) is 24.5. The second kappa shape index (κ2) is 13.5. The Labute approximate surface area is 152 Å². The molecule has 1 unspecified atom stereocenters. The van der Waals surface area contributed by atoms with Crippen LogP contribution < -0.4 is 10.1 Å². The van der Waals surface area contributed by atoms with Gasteiger partial charge in [-0.1, -0.05) is 77.0 Å². The van der Waals surface area contributed by atoms with Crippen molar-refractivity contribution in [2.24, 2.45) is 0 Å². The van der Waals surface area contributed by atoms with Crippen LogP contribution in [0.5, 0.6) is 5.75 Å². The number of nitrogens with one attached hydrogen (secondary N) is 1. The monoisotopic (exact) mass is 347 g/mol. The molecule has 0 aliphatic heterocycles. The minimum atomic E-state index is -0.562. The molecule has 0 aliphatic carbocycles. The summed E-state index contributed by atoms with van der Waals surface area (Å²) < 4.78 is 5.39. The van der Waals surface area contributed by atoms with E-state index < -0.39 is 6.04 Å². The van der Waals surface area contributed by atoms with Crippen molar-refractivity contribution in [1.82, 2.24) is 5.32 Å². The summed E-state index contributed by atoms with van der Waals surface area (Å²) in [5.41, 5.74) is 0. The molecular formula is C21H33NO3. The van der Waals surface area contributed by atoms with Crippen molar-refractivity contribution in [3.05, 3.63) is 30.3 Å². The summed E-state index contributed by atoms with van der Waals surface area (Å²) in [6.07, 6.45) is 9.80. The molecule has 0 saturated heterocycles. The molecule has 0 aromatic heterocycles. The van der Waals surface area contributed by atoms with Crippen LogP contribution in [0, 0.1) is 0 Å². The highest BCUT2D eigenvalue weighted by Crippen LogP contribution is 2.12. The molecule has 0 heterocycles. The van der Waals surface area contributed by atoms with Crippen molar-refractivity contribution in [2.45, 2.75) is 84.1 Å². The number of carbonyl (C=O) groups is 2. The van der Waals surface area contributed by atoms with Crippen LogP contribution in [0.3, 0.4) is 0 Å². The molecule has 1 N–H and O–H groups in total. The summed E-state index contributed by atoms with van der Waals surface area (Å²) in [6, 6.07) is 8.43. The van der Waals surface area contributed by atoms with E-state index in [1.165, 1.54) is 25.7 Å². The van der Waals surface area contributed by atoms with Gasteiger partial charge in [-0.05, 0) is 25.0 Å². The van der Waals surface area contributed by atoms with Gasteiger partial charge in [0.05, 0.1) is 0 Å². The Hall–Kier alpha value is -1.84. The van der Waals surface area contributed by atoms with Crippen LogP contribution in [-0.2, 0) is 9.59 Å². The standard InChI is InChI=1S/C21H33NO3/c1-3-5-7-8-9-13-17-20(23)22-19(16-6-4-2)21(24)25-18-14-11-10-12-15-18/h10-12,14-15,19H,3-9,13,16-17H2,1-2H3,(H,22,23). The minimum Gasteiger partial charge on any atom is -0.425 e. The van der Waals surface area contributed by atoms with E-state index in [-0.39, 0.29) is 11.9 Å². The fraction of sp³-hybridized carbons (Fsp3) is 0.619. The normalized spacial score (nSPS) is 11.8. The maximum absolute atomic E-state index is 12.4. The first-order valence-electron chi connectivity index (χ1n) is 9.73. The van der Waals surface area contributed by atoms with Crippen LogP contribution in [0.2, 0.25) is 0 Å². The number of ether oxygens (including phenoxy) is 1. The summed E-state index contributed by atoms with van der Waals surface area (Å²) in [5, 5.41) is 2.86. The molecule has 0 bridgehead atoms. The molecule has 1 aromatic rings. The smallest absolute Gasteiger partial charge is 0.334 e. The molecular weight excluding hydrogens is 314 g/mol. The zero-order valence-corrected chi connectivity index (χ0v) is 15.8. The summed E-state index contributed by atoms with van der Waals surface area (Å²) in [6.45, 7) is 4.26. The Kier molecular flexibility index (Phi) is 11.4. The molecule has 25 heavy (non-hydrogen) atoms. The molecule has 1 rings (SSSR count). The first-order valence-corrected chi connectivity index (χ1v) is 9.73. The Morgan fingerprint density at radius 2 is 1.56 bits per heavy atom. The van der Waals surface area contributed by atoms with E-state index in [9.17, 15) is 9.59 Å². The molecule has 0 fully saturated rings. The molecule has 0 saturated carbocycles. The zero-order chi connectivity index (χ0) is 18.3. The molecule has 1 atom stereocenters. The first-order chi connectivity index (χ1) is 12.2. The fourth-order valence-corrected chi connectivity index (χ4v) is 2.67. The average molecular weight is 347 g/mol. The van der Waals surface area contributed by atoms with E-state index in [1.54, 1.807) is 12.1 Å². The van der Waals surface area contributed by atoms with Gasteiger partial charge >= 0.3 is 5.97 Å². The van der Waals surface area contributed by atoms with Gasteiger partial charge in [0.15, 0.2) is 0 Å². The number of rotatable bonds is 13. The predicted molar refractivity (Wildman–Crippen MR) is 102 cm³/mol. The molecule has 4 nitrogen and oxygen atoms in total. The second-order valence-electron chi connectivity index (χ2n) is 6.51. The number of hydrogen-bond donors (Lipinski definition) is 1. The largest absolute Gasteiger partial charge is 0.425 e. The van der Waals surface area contributed by atoms with Crippen molar-refractivity contribution in [1.29, 1.82) is 0 Å². The number of benzene rings is 1. The van der Waals surface area contributed by atoms with Gasteiger partial charge in [-0.2, -0.15) is 0 Å². The third-order valence-corrected chi connectivity index (χ3v) is 4.19. The molecule has 1 amide bonds. The Morgan fingerprint density at radius 3 is 2.24 bits per heavy atom. The second-order valence-corrected chi connectivity index (χ2v) is 6.51. The van der Waals surface area contributed by atoms with Crippen LogP contribution >= 0.6 is 0 Å². The van der Waals surface area contributed by atoms with Crippen LogP contribution in [0.25, 0.3) is 0 Å². The number of para-hydroxylation sites is 1. The van der Waals surface area contributed by atoms with Crippen molar-refractivity contribution in [3.8, 4) is 5.75 Å². The number of esters is 1. The number of amides is 1. The van der Waals surface area contributed by atoms with Crippen LogP contribution in [0.4, 0.5) is 0 Å². The van der Waals surface area contributed by atoms with Gasteiger partial charge in [-0.15, -0.1) is 0 Å². The first kappa shape index (κ1) is 21.2. The van der Waals surface area contributed by atoms with Crippen molar-refractivity contribution in [3.63, 3.8) is 0 Å². The molecule has 140 valence electrons.